The lowest BCUT2D eigenvalue weighted by atomic mass is 9.98. The van der Waals surface area contributed by atoms with Crippen molar-refractivity contribution >= 4 is 33.2 Å². The Kier molecular flexibility index (Phi) is 5.30. The highest BCUT2D eigenvalue weighted by Gasteiger charge is 2.23. The molecule has 0 bridgehead atoms. The minimum absolute atomic E-state index is 0.0280. The van der Waals surface area contributed by atoms with Crippen LogP contribution in [0.5, 0.6) is 0 Å². The molecule has 3 aromatic carbocycles. The molecule has 3 aromatic rings. The van der Waals surface area contributed by atoms with Crippen LogP contribution >= 0.6 is 11.6 Å². The second kappa shape index (κ2) is 7.89. The van der Waals surface area contributed by atoms with Gasteiger partial charge in [0.2, 0.25) is 0 Å². The fraction of sp³-hybridized carbons (Fsp3) is 0.136. The fourth-order valence-corrected chi connectivity index (χ4v) is 5.00. The third kappa shape index (κ3) is 4.13. The Bertz CT molecular complexity index is 1160. The molecule has 1 N–H and O–H groups in total. The molecule has 29 heavy (non-hydrogen) atoms. The van der Waals surface area contributed by atoms with Crippen molar-refractivity contribution < 1.29 is 13.2 Å². The van der Waals surface area contributed by atoms with Crippen molar-refractivity contribution in [3.8, 4) is 0 Å². The number of amides is 1. The van der Waals surface area contributed by atoms with Gasteiger partial charge in [-0.25, -0.2) is 8.42 Å². The highest BCUT2D eigenvalue weighted by Crippen LogP contribution is 2.27. The van der Waals surface area contributed by atoms with E-state index in [2.05, 4.69) is 4.72 Å². The van der Waals surface area contributed by atoms with Crippen LogP contribution in [0.2, 0.25) is 5.02 Å². The van der Waals surface area contributed by atoms with E-state index < -0.39 is 10.0 Å². The normalized spacial score (nSPS) is 13.6. The summed E-state index contributed by atoms with van der Waals surface area (Å²) >= 11 is 6.04. The average molecular weight is 427 g/mol. The van der Waals surface area contributed by atoms with E-state index in [0.29, 0.717) is 24.3 Å². The van der Waals surface area contributed by atoms with Gasteiger partial charge in [0.25, 0.3) is 15.9 Å². The first kappa shape index (κ1) is 19.5. The van der Waals surface area contributed by atoms with Crippen LogP contribution in [0.25, 0.3) is 0 Å². The van der Waals surface area contributed by atoms with Gasteiger partial charge in [0.1, 0.15) is 4.90 Å². The number of carbonyl (C=O) groups excluding carboxylic acids is 1. The number of sulfonamides is 1. The monoisotopic (exact) mass is 426 g/mol. The summed E-state index contributed by atoms with van der Waals surface area (Å²) in [5, 5.41) is 0.164. The molecule has 0 radical (unpaired) electrons. The highest BCUT2D eigenvalue weighted by atomic mass is 35.5. The minimum atomic E-state index is -3.81. The molecule has 0 aliphatic carbocycles. The Labute approximate surface area is 175 Å². The van der Waals surface area contributed by atoms with Gasteiger partial charge in [-0.3, -0.25) is 9.52 Å². The molecule has 4 rings (SSSR count). The van der Waals surface area contributed by atoms with Crippen molar-refractivity contribution in [1.82, 2.24) is 4.90 Å². The van der Waals surface area contributed by atoms with Gasteiger partial charge in [0.15, 0.2) is 0 Å². The number of halogens is 1. The molecule has 0 atom stereocenters. The molecule has 1 amide bonds. The first-order valence-corrected chi connectivity index (χ1v) is 11.0. The smallest absolute Gasteiger partial charge is 0.263 e. The quantitative estimate of drug-likeness (QED) is 0.674. The number of fused-ring (bicyclic) bond motifs is 1. The fourth-order valence-electron chi connectivity index (χ4n) is 3.43. The van der Waals surface area contributed by atoms with Gasteiger partial charge in [0, 0.05) is 24.3 Å². The van der Waals surface area contributed by atoms with E-state index >= 15 is 0 Å². The van der Waals surface area contributed by atoms with Gasteiger partial charge in [-0.15, -0.1) is 0 Å². The van der Waals surface area contributed by atoms with E-state index in [1.54, 1.807) is 41.3 Å². The molecule has 0 unspecified atom stereocenters. The molecule has 1 aliphatic rings. The molecule has 7 heteroatoms. The number of carbonyl (C=O) groups is 1. The van der Waals surface area contributed by atoms with Crippen LogP contribution in [0.3, 0.4) is 0 Å². The lowest BCUT2D eigenvalue weighted by Crippen LogP contribution is -2.36. The molecule has 0 spiro atoms. The van der Waals surface area contributed by atoms with Gasteiger partial charge < -0.3 is 4.90 Å². The summed E-state index contributed by atoms with van der Waals surface area (Å²) < 4.78 is 28.0. The Balaban J connectivity index is 1.56. The summed E-state index contributed by atoms with van der Waals surface area (Å²) in [6.07, 6.45) is 0.728. The van der Waals surface area contributed by atoms with Crippen LogP contribution < -0.4 is 4.72 Å². The molecular formula is C22H19ClN2O3S. The maximum absolute atomic E-state index is 12.7. The largest absolute Gasteiger partial charge is 0.334 e. The zero-order valence-electron chi connectivity index (χ0n) is 15.5. The lowest BCUT2D eigenvalue weighted by molar-refractivity contribution is 0.0734. The number of hydrogen-bond donors (Lipinski definition) is 1. The van der Waals surface area contributed by atoms with Crippen LogP contribution in [0.4, 0.5) is 5.69 Å². The number of nitrogens with one attached hydrogen (secondary N) is 1. The summed E-state index contributed by atoms with van der Waals surface area (Å²) in [4.78, 5) is 14.6. The van der Waals surface area contributed by atoms with E-state index in [1.807, 2.05) is 24.3 Å². The lowest BCUT2D eigenvalue weighted by Gasteiger charge is -2.29. The molecule has 148 valence electrons. The number of anilines is 1. The third-order valence-corrected chi connectivity index (χ3v) is 6.79. The second-order valence-electron chi connectivity index (χ2n) is 6.86. The molecular weight excluding hydrogens is 408 g/mol. The van der Waals surface area contributed by atoms with Crippen molar-refractivity contribution in [3.05, 3.63) is 94.5 Å². The van der Waals surface area contributed by atoms with E-state index in [9.17, 15) is 13.2 Å². The summed E-state index contributed by atoms with van der Waals surface area (Å²) in [6.45, 7) is 1.07. The van der Waals surface area contributed by atoms with Gasteiger partial charge in [-0.2, -0.15) is 0 Å². The zero-order valence-corrected chi connectivity index (χ0v) is 17.1. The first-order valence-electron chi connectivity index (χ1n) is 9.17. The van der Waals surface area contributed by atoms with Crippen molar-refractivity contribution in [2.45, 2.75) is 17.9 Å². The van der Waals surface area contributed by atoms with E-state index in [0.717, 1.165) is 17.5 Å². The van der Waals surface area contributed by atoms with Gasteiger partial charge >= 0.3 is 0 Å². The molecule has 1 heterocycles. The summed E-state index contributed by atoms with van der Waals surface area (Å²) in [5.41, 5.74) is 3.13. The standard InChI is InChI=1S/C22H19ClN2O3S/c23-20-8-4-5-9-21(20)29(27,28)24-19-11-10-16-12-13-25(15-18(16)14-19)22(26)17-6-2-1-3-7-17/h1-11,14,24H,12-13,15H2. The summed E-state index contributed by atoms with van der Waals surface area (Å²) in [7, 11) is -3.81. The van der Waals surface area contributed by atoms with E-state index in [-0.39, 0.29) is 15.8 Å². The average Bonchev–Trinajstić information content (AvgIpc) is 2.73. The van der Waals surface area contributed by atoms with Crippen molar-refractivity contribution in [1.29, 1.82) is 0 Å². The Morgan fingerprint density at radius 1 is 0.931 bits per heavy atom. The van der Waals surface area contributed by atoms with Crippen LogP contribution in [0.15, 0.2) is 77.7 Å². The molecule has 0 aromatic heterocycles. The molecule has 1 aliphatic heterocycles. The Morgan fingerprint density at radius 2 is 1.66 bits per heavy atom. The van der Waals surface area contributed by atoms with Crippen molar-refractivity contribution in [2.75, 3.05) is 11.3 Å². The maximum Gasteiger partial charge on any atom is 0.263 e. The number of rotatable bonds is 4. The van der Waals surface area contributed by atoms with Gasteiger partial charge in [-0.1, -0.05) is 48.0 Å². The minimum Gasteiger partial charge on any atom is -0.334 e. The molecule has 5 nitrogen and oxygen atoms in total. The third-order valence-electron chi connectivity index (χ3n) is 4.90. The SMILES string of the molecule is O=C(c1ccccc1)N1CCc2ccc(NS(=O)(=O)c3ccccc3Cl)cc2C1. The Hall–Kier alpha value is -2.83. The van der Waals surface area contributed by atoms with E-state index in [1.165, 1.54) is 12.1 Å². The van der Waals surface area contributed by atoms with Gasteiger partial charge in [0.05, 0.1) is 5.02 Å². The highest BCUT2D eigenvalue weighted by molar-refractivity contribution is 7.92. The van der Waals surface area contributed by atoms with Gasteiger partial charge in [-0.05, 0) is 53.9 Å². The van der Waals surface area contributed by atoms with Crippen molar-refractivity contribution in [3.63, 3.8) is 0 Å². The molecule has 0 saturated heterocycles. The predicted molar refractivity (Wildman–Crippen MR) is 114 cm³/mol. The van der Waals surface area contributed by atoms with Crippen LogP contribution in [0, 0.1) is 0 Å². The maximum atomic E-state index is 12.7. The summed E-state index contributed by atoms with van der Waals surface area (Å²) in [6, 6.07) is 20.9. The number of hydrogen-bond acceptors (Lipinski definition) is 3. The second-order valence-corrected chi connectivity index (χ2v) is 8.92. The predicted octanol–water partition coefficient (Wildman–Crippen LogP) is 4.34. The van der Waals surface area contributed by atoms with Crippen LogP contribution in [-0.4, -0.2) is 25.8 Å². The summed E-state index contributed by atoms with van der Waals surface area (Å²) in [5.74, 6) is -0.0294. The number of benzene rings is 3. The number of nitrogens with zero attached hydrogens (tertiary/aromatic N) is 1. The first-order chi connectivity index (χ1) is 13.9. The van der Waals surface area contributed by atoms with E-state index in [4.69, 9.17) is 11.6 Å². The Morgan fingerprint density at radius 3 is 2.41 bits per heavy atom. The molecule has 0 saturated carbocycles. The zero-order chi connectivity index (χ0) is 20.4. The van der Waals surface area contributed by atoms with Crippen LogP contribution in [-0.2, 0) is 23.0 Å². The van der Waals surface area contributed by atoms with Crippen molar-refractivity contribution in [2.24, 2.45) is 0 Å². The topological polar surface area (TPSA) is 66.5 Å². The molecule has 0 fully saturated rings. The van der Waals surface area contributed by atoms with Crippen LogP contribution in [0.1, 0.15) is 21.5 Å².